The number of carbonyl (C=O) groups excluding carboxylic acids is 2. The van der Waals surface area contributed by atoms with Gasteiger partial charge in [0.2, 0.25) is 5.44 Å². The first kappa shape index (κ1) is 19.1. The number of alkyl halides is 3. The van der Waals surface area contributed by atoms with Crippen molar-refractivity contribution in [3.8, 4) is 0 Å². The van der Waals surface area contributed by atoms with Crippen LogP contribution in [0.2, 0.25) is 0 Å². The van der Waals surface area contributed by atoms with Crippen molar-refractivity contribution in [2.75, 3.05) is 10.8 Å². The first-order chi connectivity index (χ1) is 12.8. The lowest BCUT2D eigenvalue weighted by atomic mass is 10.2. The lowest BCUT2D eigenvalue weighted by molar-refractivity contribution is -0.137. The Kier molecular flexibility index (Phi) is 5.59. The Labute approximate surface area is 157 Å². The number of alkyl carbamates (subject to hydrolysis) is 1. The van der Waals surface area contributed by atoms with Gasteiger partial charge in [-0.3, -0.25) is 9.69 Å². The Morgan fingerprint density at radius 2 is 1.93 bits per heavy atom. The molecule has 1 atom stereocenters. The van der Waals surface area contributed by atoms with E-state index in [9.17, 15) is 22.8 Å². The highest BCUT2D eigenvalue weighted by molar-refractivity contribution is 8.01. The van der Waals surface area contributed by atoms with Gasteiger partial charge in [0.05, 0.1) is 11.4 Å². The molecule has 1 N–H and O–H groups in total. The van der Waals surface area contributed by atoms with Crippen LogP contribution in [-0.2, 0) is 22.3 Å². The first-order valence-electron chi connectivity index (χ1n) is 7.93. The van der Waals surface area contributed by atoms with E-state index in [0.29, 0.717) is 0 Å². The molecule has 0 spiro atoms. The SMILES string of the molecule is O=C(NCc1ccccc1)OC1SCN(c2cccc(C(F)(F)F)c2)C1=O. The van der Waals surface area contributed by atoms with E-state index < -0.39 is 29.2 Å². The normalized spacial score (nSPS) is 17.1. The average Bonchev–Trinajstić information content (AvgIpc) is 3.01. The Morgan fingerprint density at radius 1 is 1.19 bits per heavy atom. The molecule has 2 aromatic rings. The smallest absolute Gasteiger partial charge is 0.416 e. The van der Waals surface area contributed by atoms with Crippen LogP contribution in [0.1, 0.15) is 11.1 Å². The van der Waals surface area contributed by atoms with E-state index in [2.05, 4.69) is 5.32 Å². The molecule has 3 rings (SSSR count). The number of amides is 2. The summed E-state index contributed by atoms with van der Waals surface area (Å²) in [7, 11) is 0. The lowest BCUT2D eigenvalue weighted by Crippen LogP contribution is -2.34. The van der Waals surface area contributed by atoms with Crippen molar-refractivity contribution in [3.05, 3.63) is 65.7 Å². The summed E-state index contributed by atoms with van der Waals surface area (Å²) in [6.45, 7) is 0.239. The van der Waals surface area contributed by atoms with Gasteiger partial charge in [0, 0.05) is 12.2 Å². The van der Waals surface area contributed by atoms with Crippen molar-refractivity contribution in [1.82, 2.24) is 5.32 Å². The zero-order valence-corrected chi connectivity index (χ0v) is 14.7. The fraction of sp³-hybridized carbons (Fsp3) is 0.222. The van der Waals surface area contributed by atoms with Crippen molar-refractivity contribution < 1.29 is 27.5 Å². The molecule has 2 aromatic carbocycles. The molecular formula is C18H15F3N2O3S. The van der Waals surface area contributed by atoms with Gasteiger partial charge in [-0.2, -0.15) is 13.2 Å². The van der Waals surface area contributed by atoms with Crippen molar-refractivity contribution in [2.45, 2.75) is 18.2 Å². The van der Waals surface area contributed by atoms with Crippen molar-refractivity contribution in [1.29, 1.82) is 0 Å². The monoisotopic (exact) mass is 396 g/mol. The molecule has 0 aromatic heterocycles. The number of rotatable bonds is 4. The Bertz CT molecular complexity index is 830. The molecule has 142 valence electrons. The summed E-state index contributed by atoms with van der Waals surface area (Å²) in [5, 5.41) is 2.54. The number of anilines is 1. The van der Waals surface area contributed by atoms with E-state index in [1.807, 2.05) is 30.3 Å². The van der Waals surface area contributed by atoms with E-state index in [1.54, 1.807) is 0 Å². The quantitative estimate of drug-likeness (QED) is 0.849. The average molecular weight is 396 g/mol. The third kappa shape index (κ3) is 4.73. The van der Waals surface area contributed by atoms with Crippen molar-refractivity contribution in [2.24, 2.45) is 0 Å². The zero-order chi connectivity index (χ0) is 19.4. The number of ether oxygens (including phenoxy) is 1. The highest BCUT2D eigenvalue weighted by atomic mass is 32.2. The van der Waals surface area contributed by atoms with Crippen LogP contribution in [0.25, 0.3) is 0 Å². The zero-order valence-electron chi connectivity index (χ0n) is 13.9. The van der Waals surface area contributed by atoms with Gasteiger partial charge < -0.3 is 10.1 Å². The summed E-state index contributed by atoms with van der Waals surface area (Å²) in [5.74, 6) is -0.481. The maximum atomic E-state index is 12.8. The van der Waals surface area contributed by atoms with E-state index in [1.165, 1.54) is 12.1 Å². The molecule has 1 heterocycles. The van der Waals surface area contributed by atoms with Crippen LogP contribution in [-0.4, -0.2) is 23.3 Å². The Balaban J connectivity index is 1.59. The van der Waals surface area contributed by atoms with Crippen LogP contribution in [0, 0.1) is 0 Å². The summed E-state index contributed by atoms with van der Waals surface area (Å²) in [4.78, 5) is 25.4. The van der Waals surface area contributed by atoms with Gasteiger partial charge in [-0.1, -0.05) is 48.2 Å². The summed E-state index contributed by atoms with van der Waals surface area (Å²) in [6.07, 6.45) is -5.27. The van der Waals surface area contributed by atoms with E-state index >= 15 is 0 Å². The van der Waals surface area contributed by atoms with Crippen LogP contribution in [0.3, 0.4) is 0 Å². The van der Waals surface area contributed by atoms with E-state index in [0.717, 1.165) is 34.4 Å². The molecule has 5 nitrogen and oxygen atoms in total. The topological polar surface area (TPSA) is 58.6 Å². The molecule has 2 amide bonds. The molecule has 1 unspecified atom stereocenters. The second-order valence-corrected chi connectivity index (χ2v) is 6.71. The summed E-state index contributed by atoms with van der Waals surface area (Å²) in [5.41, 5.74) is -0.971. The van der Waals surface area contributed by atoms with Gasteiger partial charge in [-0.15, -0.1) is 0 Å². The predicted molar refractivity (Wildman–Crippen MR) is 94.9 cm³/mol. The maximum Gasteiger partial charge on any atom is 0.416 e. The Morgan fingerprint density at radius 3 is 2.63 bits per heavy atom. The number of halogens is 3. The van der Waals surface area contributed by atoms with Crippen LogP contribution in [0.15, 0.2) is 54.6 Å². The third-order valence-corrected chi connectivity index (χ3v) is 4.81. The van der Waals surface area contributed by atoms with Gasteiger partial charge >= 0.3 is 12.3 Å². The minimum atomic E-state index is -4.50. The van der Waals surface area contributed by atoms with Gasteiger partial charge in [-0.25, -0.2) is 4.79 Å². The second kappa shape index (κ2) is 7.91. The highest BCUT2D eigenvalue weighted by Gasteiger charge is 2.37. The molecule has 1 fully saturated rings. The lowest BCUT2D eigenvalue weighted by Gasteiger charge is -2.17. The molecule has 0 aliphatic carbocycles. The molecule has 1 aliphatic rings. The van der Waals surface area contributed by atoms with Gasteiger partial charge in [-0.05, 0) is 23.8 Å². The molecular weight excluding hydrogens is 381 g/mol. The summed E-state index contributed by atoms with van der Waals surface area (Å²) in [6, 6.07) is 13.6. The molecule has 1 aliphatic heterocycles. The number of thioether (sulfide) groups is 1. The van der Waals surface area contributed by atoms with E-state index in [-0.39, 0.29) is 18.1 Å². The minimum Gasteiger partial charge on any atom is -0.425 e. The molecule has 9 heteroatoms. The van der Waals surface area contributed by atoms with Crippen molar-refractivity contribution in [3.63, 3.8) is 0 Å². The van der Waals surface area contributed by atoms with Gasteiger partial charge in [0.1, 0.15) is 0 Å². The van der Waals surface area contributed by atoms with Crippen molar-refractivity contribution >= 4 is 29.4 Å². The number of nitrogens with zero attached hydrogens (tertiary/aromatic N) is 1. The minimum absolute atomic E-state index is 0.0940. The number of benzene rings is 2. The summed E-state index contributed by atoms with van der Waals surface area (Å²) >= 11 is 1.03. The summed E-state index contributed by atoms with van der Waals surface area (Å²) < 4.78 is 43.6. The molecule has 0 saturated carbocycles. The van der Waals surface area contributed by atoms with Gasteiger partial charge in [0.25, 0.3) is 5.91 Å². The number of carbonyl (C=O) groups is 2. The maximum absolute atomic E-state index is 12.8. The standard InChI is InChI=1S/C18H15F3N2O3S/c19-18(20,21)13-7-4-8-14(9-13)23-11-27-16(15(23)24)26-17(25)22-10-12-5-2-1-3-6-12/h1-9,16H,10-11H2,(H,22,25). The van der Waals surface area contributed by atoms with Gasteiger partial charge in [0.15, 0.2) is 0 Å². The molecule has 0 radical (unpaired) electrons. The molecule has 0 bridgehead atoms. The fourth-order valence-electron chi connectivity index (χ4n) is 2.45. The van der Waals surface area contributed by atoms with Crippen LogP contribution in [0.4, 0.5) is 23.7 Å². The van der Waals surface area contributed by atoms with Crippen LogP contribution < -0.4 is 10.2 Å². The number of hydrogen-bond donors (Lipinski definition) is 1. The molecule has 1 saturated heterocycles. The largest absolute Gasteiger partial charge is 0.425 e. The third-order valence-electron chi connectivity index (χ3n) is 3.80. The first-order valence-corrected chi connectivity index (χ1v) is 8.98. The number of hydrogen-bond acceptors (Lipinski definition) is 4. The highest BCUT2D eigenvalue weighted by Crippen LogP contribution is 2.35. The molecule has 27 heavy (non-hydrogen) atoms. The predicted octanol–water partition coefficient (Wildman–Crippen LogP) is 4.00. The number of nitrogens with one attached hydrogen (secondary N) is 1. The van der Waals surface area contributed by atoms with Crippen LogP contribution in [0.5, 0.6) is 0 Å². The Hall–Kier alpha value is -2.68. The van der Waals surface area contributed by atoms with E-state index in [4.69, 9.17) is 4.74 Å². The van der Waals surface area contributed by atoms with Crippen LogP contribution >= 0.6 is 11.8 Å². The second-order valence-electron chi connectivity index (χ2n) is 5.69. The fourth-order valence-corrected chi connectivity index (χ4v) is 3.44.